The summed E-state index contributed by atoms with van der Waals surface area (Å²) in [5, 5.41) is 12.9. The van der Waals surface area contributed by atoms with Gasteiger partial charge in [-0.05, 0) is 36.8 Å². The summed E-state index contributed by atoms with van der Waals surface area (Å²) in [5.74, 6) is 0.253. The largest absolute Gasteiger partial charge is 0.387 e. The minimum atomic E-state index is -0.624. The molecule has 1 aromatic rings. The Labute approximate surface area is 118 Å². The number of benzene rings is 1. The Bertz CT molecular complexity index is 413. The van der Waals surface area contributed by atoms with E-state index in [1.165, 1.54) is 4.90 Å². The van der Waals surface area contributed by atoms with Crippen molar-refractivity contribution < 1.29 is 9.90 Å². The molecule has 1 aliphatic carbocycles. The molecule has 104 valence electrons. The summed E-state index contributed by atoms with van der Waals surface area (Å²) in [6.07, 6.45) is 5.68. The summed E-state index contributed by atoms with van der Waals surface area (Å²) >= 11 is 1.67. The first kappa shape index (κ1) is 14.4. The second-order valence-corrected chi connectivity index (χ2v) is 5.90. The molecule has 1 unspecified atom stereocenters. The molecule has 3 nitrogen and oxygen atoms in total. The normalized spacial score (nSPS) is 17.4. The Hall–Kier alpha value is -1.00. The van der Waals surface area contributed by atoms with Crippen LogP contribution in [-0.2, 0) is 4.79 Å². The molecule has 2 rings (SSSR count). The molecule has 0 radical (unpaired) electrons. The first-order chi connectivity index (χ1) is 9.20. The fourth-order valence-electron chi connectivity index (χ4n) is 2.47. The van der Waals surface area contributed by atoms with Crippen LogP contribution in [0.15, 0.2) is 29.2 Å². The highest BCUT2D eigenvalue weighted by atomic mass is 32.2. The molecule has 0 bridgehead atoms. The van der Waals surface area contributed by atoms with Crippen molar-refractivity contribution in [1.29, 1.82) is 0 Å². The number of rotatable bonds is 5. The van der Waals surface area contributed by atoms with Gasteiger partial charge in [-0.15, -0.1) is 11.8 Å². The van der Waals surface area contributed by atoms with E-state index in [1.54, 1.807) is 11.8 Å². The van der Waals surface area contributed by atoms with Crippen molar-refractivity contribution in [2.45, 2.75) is 36.7 Å². The van der Waals surface area contributed by atoms with E-state index in [2.05, 4.69) is 5.32 Å². The Balaban J connectivity index is 1.82. The maximum absolute atomic E-state index is 11.9. The first-order valence-electron chi connectivity index (χ1n) is 6.80. The van der Waals surface area contributed by atoms with E-state index in [1.807, 2.05) is 30.5 Å². The molecule has 0 aromatic heterocycles. The third-order valence-electron chi connectivity index (χ3n) is 3.70. The van der Waals surface area contributed by atoms with Gasteiger partial charge < -0.3 is 10.4 Å². The number of aliphatic hydroxyl groups excluding tert-OH is 1. The van der Waals surface area contributed by atoms with E-state index < -0.39 is 6.10 Å². The second kappa shape index (κ2) is 6.96. The highest BCUT2D eigenvalue weighted by Crippen LogP contribution is 2.25. The Morgan fingerprint density at radius 2 is 2.00 bits per heavy atom. The lowest BCUT2D eigenvalue weighted by molar-refractivity contribution is -0.125. The molecule has 1 fully saturated rings. The quantitative estimate of drug-likeness (QED) is 0.815. The van der Waals surface area contributed by atoms with E-state index in [0.717, 1.165) is 31.2 Å². The predicted molar refractivity (Wildman–Crippen MR) is 78.2 cm³/mol. The molecular formula is C15H21NO2S. The third kappa shape index (κ3) is 3.98. The van der Waals surface area contributed by atoms with Gasteiger partial charge >= 0.3 is 0 Å². The van der Waals surface area contributed by atoms with Crippen molar-refractivity contribution in [3.8, 4) is 0 Å². The highest BCUT2D eigenvalue weighted by molar-refractivity contribution is 7.98. The van der Waals surface area contributed by atoms with Crippen molar-refractivity contribution in [1.82, 2.24) is 5.32 Å². The summed E-state index contributed by atoms with van der Waals surface area (Å²) in [6.45, 7) is 0.300. The van der Waals surface area contributed by atoms with Crippen molar-refractivity contribution in [2.75, 3.05) is 12.8 Å². The number of carbonyl (C=O) groups excluding carboxylic acids is 1. The fraction of sp³-hybridized carbons (Fsp3) is 0.533. The zero-order chi connectivity index (χ0) is 13.7. The van der Waals surface area contributed by atoms with Crippen LogP contribution in [0.4, 0.5) is 0 Å². The van der Waals surface area contributed by atoms with Crippen LogP contribution in [0.25, 0.3) is 0 Å². The van der Waals surface area contributed by atoms with Gasteiger partial charge in [-0.2, -0.15) is 0 Å². The predicted octanol–water partition coefficient (Wildman–Crippen LogP) is 2.75. The summed E-state index contributed by atoms with van der Waals surface area (Å²) < 4.78 is 0. The van der Waals surface area contributed by atoms with Crippen LogP contribution in [0.1, 0.15) is 37.4 Å². The van der Waals surface area contributed by atoms with E-state index in [4.69, 9.17) is 0 Å². The van der Waals surface area contributed by atoms with Crippen molar-refractivity contribution >= 4 is 17.7 Å². The molecule has 0 saturated heterocycles. The van der Waals surface area contributed by atoms with E-state index in [-0.39, 0.29) is 11.8 Å². The van der Waals surface area contributed by atoms with Gasteiger partial charge in [0.25, 0.3) is 0 Å². The van der Waals surface area contributed by atoms with Gasteiger partial charge in [0, 0.05) is 17.4 Å². The second-order valence-electron chi connectivity index (χ2n) is 5.02. The molecule has 1 aromatic carbocycles. The summed E-state index contributed by atoms with van der Waals surface area (Å²) in [5.41, 5.74) is 0.851. The molecule has 1 aliphatic rings. The Morgan fingerprint density at radius 3 is 2.58 bits per heavy atom. The summed E-state index contributed by atoms with van der Waals surface area (Å²) in [4.78, 5) is 13.0. The maximum Gasteiger partial charge on any atom is 0.223 e. The summed E-state index contributed by atoms with van der Waals surface area (Å²) in [6, 6.07) is 7.81. The van der Waals surface area contributed by atoms with Crippen LogP contribution in [0.2, 0.25) is 0 Å². The van der Waals surface area contributed by atoms with Gasteiger partial charge in [-0.1, -0.05) is 25.0 Å². The zero-order valence-electron chi connectivity index (χ0n) is 11.3. The number of carbonyl (C=O) groups is 1. The van der Waals surface area contributed by atoms with Crippen LogP contribution in [-0.4, -0.2) is 23.8 Å². The lowest BCUT2D eigenvalue weighted by atomic mass is 10.1. The number of aliphatic hydroxyl groups is 1. The van der Waals surface area contributed by atoms with Crippen LogP contribution in [0.3, 0.4) is 0 Å². The monoisotopic (exact) mass is 279 g/mol. The highest BCUT2D eigenvalue weighted by Gasteiger charge is 2.22. The minimum Gasteiger partial charge on any atom is -0.387 e. The fourth-order valence-corrected chi connectivity index (χ4v) is 2.88. The first-order valence-corrected chi connectivity index (χ1v) is 8.03. The van der Waals surface area contributed by atoms with E-state index in [9.17, 15) is 9.90 Å². The number of thioether (sulfide) groups is 1. The van der Waals surface area contributed by atoms with Gasteiger partial charge in [-0.3, -0.25) is 4.79 Å². The average Bonchev–Trinajstić information content (AvgIpc) is 2.98. The smallest absolute Gasteiger partial charge is 0.223 e. The standard InChI is InChI=1S/C15H21NO2S/c1-19-13-8-6-11(7-9-13)14(17)10-16-15(18)12-4-2-3-5-12/h6-9,12,14,17H,2-5,10H2,1H3,(H,16,18). The molecule has 0 heterocycles. The van der Waals surface area contributed by atoms with E-state index >= 15 is 0 Å². The number of nitrogens with one attached hydrogen (secondary N) is 1. The molecule has 19 heavy (non-hydrogen) atoms. The van der Waals surface area contributed by atoms with Gasteiger partial charge in [-0.25, -0.2) is 0 Å². The molecular weight excluding hydrogens is 258 g/mol. The number of hydrogen-bond donors (Lipinski definition) is 2. The molecule has 4 heteroatoms. The maximum atomic E-state index is 11.9. The van der Waals surface area contributed by atoms with Crippen LogP contribution >= 0.6 is 11.8 Å². The van der Waals surface area contributed by atoms with Gasteiger partial charge in [0.15, 0.2) is 0 Å². The van der Waals surface area contributed by atoms with E-state index in [0.29, 0.717) is 6.54 Å². The van der Waals surface area contributed by atoms with Crippen LogP contribution in [0.5, 0.6) is 0 Å². The molecule has 0 aliphatic heterocycles. The third-order valence-corrected chi connectivity index (χ3v) is 4.44. The molecule has 1 atom stereocenters. The molecule has 1 amide bonds. The van der Waals surface area contributed by atoms with Crippen LogP contribution in [0, 0.1) is 5.92 Å². The Kier molecular flexibility index (Phi) is 5.28. The van der Waals surface area contributed by atoms with Gasteiger partial charge in [0.05, 0.1) is 6.10 Å². The molecule has 1 saturated carbocycles. The summed E-state index contributed by atoms with van der Waals surface area (Å²) in [7, 11) is 0. The van der Waals surface area contributed by atoms with Crippen LogP contribution < -0.4 is 5.32 Å². The average molecular weight is 279 g/mol. The minimum absolute atomic E-state index is 0.0947. The SMILES string of the molecule is CSc1ccc(C(O)CNC(=O)C2CCCC2)cc1. The number of hydrogen-bond acceptors (Lipinski definition) is 3. The number of amides is 1. The van der Waals surface area contributed by atoms with Gasteiger partial charge in [0.2, 0.25) is 5.91 Å². The Morgan fingerprint density at radius 1 is 1.37 bits per heavy atom. The zero-order valence-corrected chi connectivity index (χ0v) is 12.1. The van der Waals surface area contributed by atoms with Crippen molar-refractivity contribution in [3.05, 3.63) is 29.8 Å². The lowest BCUT2D eigenvalue weighted by Crippen LogP contribution is -2.32. The topological polar surface area (TPSA) is 49.3 Å². The lowest BCUT2D eigenvalue weighted by Gasteiger charge is -2.15. The van der Waals surface area contributed by atoms with Crippen molar-refractivity contribution in [3.63, 3.8) is 0 Å². The molecule has 0 spiro atoms. The van der Waals surface area contributed by atoms with Gasteiger partial charge in [0.1, 0.15) is 0 Å². The molecule has 2 N–H and O–H groups in total. The van der Waals surface area contributed by atoms with Crippen molar-refractivity contribution in [2.24, 2.45) is 5.92 Å².